The number of carbonyl (C=O) groups is 1. The first-order valence-electron chi connectivity index (χ1n) is 4.25. The molecule has 1 aromatic rings. The van der Waals surface area contributed by atoms with Crippen LogP contribution in [-0.2, 0) is 0 Å². The maximum Gasteiger partial charge on any atom is 0.265 e. The Hall–Kier alpha value is -1.62. The molecule has 0 bridgehead atoms. The summed E-state index contributed by atoms with van der Waals surface area (Å²) in [6, 6.07) is 3.36. The van der Waals surface area contributed by atoms with Gasteiger partial charge < -0.3 is 5.32 Å². The Bertz CT molecular complexity index is 324. The summed E-state index contributed by atoms with van der Waals surface area (Å²) in [5.41, 5.74) is 3.23. The molecule has 0 aromatic carbocycles. The van der Waals surface area contributed by atoms with E-state index in [0.717, 1.165) is 0 Å². The fourth-order valence-corrected chi connectivity index (χ4v) is 0.976. The average molecular weight is 194 g/mol. The molecule has 5 nitrogen and oxygen atoms in total. The number of rotatable bonds is 3. The third-order valence-electron chi connectivity index (χ3n) is 1.60. The summed E-state index contributed by atoms with van der Waals surface area (Å²) < 4.78 is 0. The molecular weight excluding hydrogens is 180 g/mol. The molecule has 0 fully saturated rings. The Morgan fingerprint density at radius 2 is 2.21 bits per heavy atom. The van der Waals surface area contributed by atoms with Crippen molar-refractivity contribution in [3.8, 4) is 0 Å². The van der Waals surface area contributed by atoms with Gasteiger partial charge in [0.25, 0.3) is 5.91 Å². The van der Waals surface area contributed by atoms with Crippen LogP contribution in [0.3, 0.4) is 0 Å². The first-order valence-corrected chi connectivity index (χ1v) is 4.25. The van der Waals surface area contributed by atoms with E-state index in [-0.39, 0.29) is 5.91 Å². The Labute approximate surface area is 83.1 Å². The first-order chi connectivity index (χ1) is 6.63. The first kappa shape index (κ1) is 10.5. The van der Waals surface area contributed by atoms with E-state index in [2.05, 4.69) is 15.7 Å². The summed E-state index contributed by atoms with van der Waals surface area (Å²) in [6.45, 7) is 0. The van der Waals surface area contributed by atoms with Gasteiger partial charge in [-0.2, -0.15) is 0 Å². The van der Waals surface area contributed by atoms with Gasteiger partial charge in [0, 0.05) is 32.9 Å². The van der Waals surface area contributed by atoms with Crippen molar-refractivity contribution in [1.82, 2.24) is 15.4 Å². The fourth-order valence-electron chi connectivity index (χ4n) is 0.976. The number of hydrogen-bond donors (Lipinski definition) is 2. The van der Waals surface area contributed by atoms with Crippen LogP contribution in [0.5, 0.6) is 0 Å². The van der Waals surface area contributed by atoms with Crippen molar-refractivity contribution in [3.05, 3.63) is 23.9 Å². The molecule has 0 radical (unpaired) electrons. The zero-order chi connectivity index (χ0) is 10.6. The van der Waals surface area contributed by atoms with E-state index in [1.165, 1.54) is 0 Å². The number of amides is 1. The molecule has 76 valence electrons. The number of anilines is 1. The van der Waals surface area contributed by atoms with Crippen LogP contribution in [0, 0.1) is 0 Å². The maximum absolute atomic E-state index is 11.5. The predicted octanol–water partition coefficient (Wildman–Crippen LogP) is 0.330. The van der Waals surface area contributed by atoms with Crippen LogP contribution in [0.2, 0.25) is 0 Å². The third kappa shape index (κ3) is 2.70. The van der Waals surface area contributed by atoms with Gasteiger partial charge in [-0.1, -0.05) is 0 Å². The number of hydrogen-bond acceptors (Lipinski definition) is 4. The molecule has 14 heavy (non-hydrogen) atoms. The van der Waals surface area contributed by atoms with E-state index in [4.69, 9.17) is 0 Å². The second-order valence-electron chi connectivity index (χ2n) is 3.02. The highest BCUT2D eigenvalue weighted by Gasteiger charge is 2.06. The summed E-state index contributed by atoms with van der Waals surface area (Å²) in [6.07, 6.45) is 1.59. The Morgan fingerprint density at radius 3 is 2.79 bits per heavy atom. The fraction of sp³-hybridized carbons (Fsp3) is 0.333. The predicted molar refractivity (Wildman–Crippen MR) is 54.9 cm³/mol. The third-order valence-corrected chi connectivity index (χ3v) is 1.60. The van der Waals surface area contributed by atoms with E-state index in [0.29, 0.717) is 11.4 Å². The number of nitrogens with zero attached hydrogens (tertiary/aromatic N) is 2. The number of pyridine rings is 1. The van der Waals surface area contributed by atoms with Crippen LogP contribution in [0.1, 0.15) is 10.4 Å². The second-order valence-corrected chi connectivity index (χ2v) is 3.02. The average Bonchev–Trinajstić information content (AvgIpc) is 2.17. The van der Waals surface area contributed by atoms with Crippen molar-refractivity contribution in [2.45, 2.75) is 0 Å². The monoisotopic (exact) mass is 194 g/mol. The summed E-state index contributed by atoms with van der Waals surface area (Å²) in [5.74, 6) is 0.533. The minimum atomic E-state index is -0.145. The van der Waals surface area contributed by atoms with Crippen LogP contribution in [0.4, 0.5) is 5.82 Å². The molecule has 1 rings (SSSR count). The van der Waals surface area contributed by atoms with Crippen molar-refractivity contribution in [2.75, 3.05) is 26.5 Å². The second kappa shape index (κ2) is 4.57. The van der Waals surface area contributed by atoms with Gasteiger partial charge in [-0.3, -0.25) is 10.2 Å². The lowest BCUT2D eigenvalue weighted by Gasteiger charge is -2.11. The Balaban J connectivity index is 2.79. The van der Waals surface area contributed by atoms with Crippen LogP contribution in [0.25, 0.3) is 0 Å². The number of nitrogens with one attached hydrogen (secondary N) is 2. The lowest BCUT2D eigenvalue weighted by molar-refractivity contribution is 0.0857. The highest BCUT2D eigenvalue weighted by atomic mass is 16.2. The normalized spacial score (nSPS) is 10.0. The minimum Gasteiger partial charge on any atom is -0.373 e. The van der Waals surface area contributed by atoms with Crippen LogP contribution < -0.4 is 10.7 Å². The molecule has 0 aliphatic rings. The highest BCUT2D eigenvalue weighted by Crippen LogP contribution is 2.05. The standard InChI is InChI=1S/C9H14N4O/c1-10-8-6-7(4-5-11-8)9(14)12-13(2)3/h4-6H,1-3H3,(H,10,11)(H,12,14). The van der Waals surface area contributed by atoms with Crippen molar-refractivity contribution < 1.29 is 4.79 Å². The quantitative estimate of drug-likeness (QED) is 0.681. The molecule has 0 spiro atoms. The van der Waals surface area contributed by atoms with E-state index in [1.807, 2.05) is 0 Å². The largest absolute Gasteiger partial charge is 0.373 e. The topological polar surface area (TPSA) is 57.3 Å². The lowest BCUT2D eigenvalue weighted by Crippen LogP contribution is -2.36. The molecule has 0 unspecified atom stereocenters. The molecular formula is C9H14N4O. The van der Waals surface area contributed by atoms with Crippen molar-refractivity contribution in [3.63, 3.8) is 0 Å². The number of aromatic nitrogens is 1. The summed E-state index contributed by atoms with van der Waals surface area (Å²) >= 11 is 0. The van der Waals surface area contributed by atoms with Crippen LogP contribution in [0.15, 0.2) is 18.3 Å². The Morgan fingerprint density at radius 1 is 1.50 bits per heavy atom. The zero-order valence-electron chi connectivity index (χ0n) is 8.53. The molecule has 1 heterocycles. The molecule has 0 aliphatic heterocycles. The van der Waals surface area contributed by atoms with Gasteiger partial charge in [-0.25, -0.2) is 9.99 Å². The molecule has 2 N–H and O–H groups in total. The van der Waals surface area contributed by atoms with E-state index in [9.17, 15) is 4.79 Å². The van der Waals surface area contributed by atoms with Gasteiger partial charge in [0.15, 0.2) is 0 Å². The van der Waals surface area contributed by atoms with Crippen LogP contribution >= 0.6 is 0 Å². The van der Waals surface area contributed by atoms with Crippen molar-refractivity contribution in [2.24, 2.45) is 0 Å². The highest BCUT2D eigenvalue weighted by molar-refractivity contribution is 5.94. The van der Waals surface area contributed by atoms with Gasteiger partial charge in [-0.05, 0) is 12.1 Å². The number of carbonyl (C=O) groups excluding carboxylic acids is 1. The van der Waals surface area contributed by atoms with E-state index >= 15 is 0 Å². The summed E-state index contributed by atoms with van der Waals surface area (Å²) in [4.78, 5) is 15.5. The smallest absolute Gasteiger partial charge is 0.265 e. The van der Waals surface area contributed by atoms with Gasteiger partial charge >= 0.3 is 0 Å². The van der Waals surface area contributed by atoms with Gasteiger partial charge in [-0.15, -0.1) is 0 Å². The van der Waals surface area contributed by atoms with Gasteiger partial charge in [0.2, 0.25) is 0 Å². The van der Waals surface area contributed by atoms with E-state index < -0.39 is 0 Å². The zero-order valence-corrected chi connectivity index (χ0v) is 8.53. The van der Waals surface area contributed by atoms with Crippen molar-refractivity contribution in [1.29, 1.82) is 0 Å². The minimum absolute atomic E-state index is 0.145. The summed E-state index contributed by atoms with van der Waals surface area (Å²) in [7, 11) is 5.28. The molecule has 0 saturated carbocycles. The number of hydrazine groups is 1. The van der Waals surface area contributed by atoms with Gasteiger partial charge in [0.1, 0.15) is 5.82 Å². The molecule has 1 amide bonds. The maximum atomic E-state index is 11.5. The van der Waals surface area contributed by atoms with Crippen LogP contribution in [-0.4, -0.2) is 37.0 Å². The summed E-state index contributed by atoms with van der Waals surface area (Å²) in [5, 5.41) is 4.47. The molecule has 5 heteroatoms. The lowest BCUT2D eigenvalue weighted by atomic mass is 10.2. The van der Waals surface area contributed by atoms with Crippen molar-refractivity contribution >= 4 is 11.7 Å². The van der Waals surface area contributed by atoms with E-state index in [1.54, 1.807) is 44.5 Å². The SMILES string of the molecule is CNc1cc(C(=O)NN(C)C)ccn1. The molecule has 0 atom stereocenters. The van der Waals surface area contributed by atoms with Gasteiger partial charge in [0.05, 0.1) is 0 Å². The molecule has 0 aliphatic carbocycles. The Kier molecular flexibility index (Phi) is 3.41. The molecule has 0 saturated heterocycles. The molecule has 1 aromatic heterocycles.